The second kappa shape index (κ2) is 9.39. The lowest BCUT2D eigenvalue weighted by atomic mass is 9.86. The highest BCUT2D eigenvalue weighted by atomic mass is 16.6. The summed E-state index contributed by atoms with van der Waals surface area (Å²) in [5.41, 5.74) is 3.67. The third kappa shape index (κ3) is 5.11. The number of nitro benzene ring substituents is 1. The molecule has 33 heavy (non-hydrogen) atoms. The van der Waals surface area contributed by atoms with Gasteiger partial charge in [0.2, 0.25) is 0 Å². The quantitative estimate of drug-likeness (QED) is 0.520. The third-order valence-electron chi connectivity index (χ3n) is 6.44. The molecule has 4 rings (SSSR count). The Hall–Kier alpha value is -3.13. The van der Waals surface area contributed by atoms with Crippen molar-refractivity contribution in [2.24, 2.45) is 0 Å². The number of piperazine rings is 1. The van der Waals surface area contributed by atoms with Gasteiger partial charge >= 0.3 is 0 Å². The molecule has 2 heterocycles. The Morgan fingerprint density at radius 3 is 2.12 bits per heavy atom. The van der Waals surface area contributed by atoms with Crippen LogP contribution in [0.3, 0.4) is 0 Å². The van der Waals surface area contributed by atoms with Gasteiger partial charge in [-0.15, -0.1) is 0 Å². The number of amides is 1. The van der Waals surface area contributed by atoms with E-state index >= 15 is 0 Å². The maximum absolute atomic E-state index is 13.0. The molecule has 8 nitrogen and oxygen atoms in total. The van der Waals surface area contributed by atoms with Crippen LogP contribution in [0.5, 0.6) is 0 Å². The molecule has 1 amide bonds. The van der Waals surface area contributed by atoms with E-state index in [2.05, 4.69) is 25.7 Å². The van der Waals surface area contributed by atoms with Crippen molar-refractivity contribution in [3.8, 4) is 0 Å². The number of ether oxygens (including phenoxy) is 1. The Morgan fingerprint density at radius 1 is 0.909 bits per heavy atom. The van der Waals surface area contributed by atoms with E-state index in [1.165, 1.54) is 5.56 Å². The third-order valence-corrected chi connectivity index (χ3v) is 6.44. The summed E-state index contributed by atoms with van der Waals surface area (Å²) in [5.74, 6) is 0.0489. The SMILES string of the molecule is CC(C)(C)c1ccc(C(=O)N2CCN(c3ccc([N+](=O)[O-])c(N4CCOCC4)c3)CC2)cc1. The fraction of sp³-hybridized carbons (Fsp3) is 0.480. The molecule has 2 aromatic carbocycles. The molecule has 176 valence electrons. The summed E-state index contributed by atoms with van der Waals surface area (Å²) in [7, 11) is 0. The Labute approximate surface area is 194 Å². The summed E-state index contributed by atoms with van der Waals surface area (Å²) in [4.78, 5) is 30.3. The van der Waals surface area contributed by atoms with Gasteiger partial charge in [0.1, 0.15) is 5.69 Å². The van der Waals surface area contributed by atoms with Gasteiger partial charge in [-0.25, -0.2) is 0 Å². The molecule has 2 aromatic rings. The average Bonchev–Trinajstić information content (AvgIpc) is 2.83. The van der Waals surface area contributed by atoms with E-state index in [1.807, 2.05) is 46.2 Å². The number of carbonyl (C=O) groups is 1. The molecule has 0 saturated carbocycles. The second-order valence-corrected chi connectivity index (χ2v) is 9.64. The number of rotatable bonds is 4. The van der Waals surface area contributed by atoms with Gasteiger partial charge in [-0.1, -0.05) is 32.9 Å². The summed E-state index contributed by atoms with van der Waals surface area (Å²) in [6.07, 6.45) is 0. The summed E-state index contributed by atoms with van der Waals surface area (Å²) in [6, 6.07) is 13.2. The molecule has 0 aromatic heterocycles. The van der Waals surface area contributed by atoms with Gasteiger partial charge in [0.05, 0.1) is 18.1 Å². The normalized spacial score (nSPS) is 17.2. The van der Waals surface area contributed by atoms with Crippen LogP contribution in [0.2, 0.25) is 0 Å². The topological polar surface area (TPSA) is 79.2 Å². The molecular weight excluding hydrogens is 420 g/mol. The molecule has 0 radical (unpaired) electrons. The maximum atomic E-state index is 13.0. The van der Waals surface area contributed by atoms with Crippen LogP contribution in [0.15, 0.2) is 42.5 Å². The van der Waals surface area contributed by atoms with E-state index < -0.39 is 0 Å². The second-order valence-electron chi connectivity index (χ2n) is 9.64. The van der Waals surface area contributed by atoms with Crippen molar-refractivity contribution in [2.75, 3.05) is 62.3 Å². The summed E-state index contributed by atoms with van der Waals surface area (Å²) >= 11 is 0. The largest absolute Gasteiger partial charge is 0.378 e. The predicted molar refractivity (Wildman–Crippen MR) is 129 cm³/mol. The Balaban J connectivity index is 1.44. The number of nitrogens with zero attached hydrogens (tertiary/aromatic N) is 4. The van der Waals surface area contributed by atoms with Crippen LogP contribution in [-0.2, 0) is 10.2 Å². The summed E-state index contributed by atoms with van der Waals surface area (Å²) < 4.78 is 5.40. The van der Waals surface area contributed by atoms with Crippen molar-refractivity contribution in [1.82, 2.24) is 4.90 Å². The molecule has 0 spiro atoms. The fourth-order valence-corrected chi connectivity index (χ4v) is 4.38. The molecule has 2 aliphatic rings. The van der Waals surface area contributed by atoms with Gasteiger partial charge in [-0.3, -0.25) is 14.9 Å². The van der Waals surface area contributed by atoms with Crippen molar-refractivity contribution in [2.45, 2.75) is 26.2 Å². The first kappa shape index (κ1) is 23.0. The highest BCUT2D eigenvalue weighted by Crippen LogP contribution is 2.33. The zero-order valence-corrected chi connectivity index (χ0v) is 19.6. The minimum absolute atomic E-state index is 0.0489. The predicted octanol–water partition coefficient (Wildman–Crippen LogP) is 3.69. The monoisotopic (exact) mass is 452 g/mol. The number of morpholine rings is 1. The summed E-state index contributed by atoms with van der Waals surface area (Å²) in [6.45, 7) is 11.5. The number of hydrogen-bond acceptors (Lipinski definition) is 6. The molecule has 0 bridgehead atoms. The smallest absolute Gasteiger partial charge is 0.292 e. The number of hydrogen-bond donors (Lipinski definition) is 0. The van der Waals surface area contributed by atoms with Crippen molar-refractivity contribution >= 4 is 23.0 Å². The lowest BCUT2D eigenvalue weighted by Crippen LogP contribution is -2.48. The lowest BCUT2D eigenvalue weighted by Gasteiger charge is -2.37. The van der Waals surface area contributed by atoms with Crippen LogP contribution >= 0.6 is 0 Å². The van der Waals surface area contributed by atoms with E-state index in [-0.39, 0.29) is 21.9 Å². The zero-order chi connectivity index (χ0) is 23.6. The summed E-state index contributed by atoms with van der Waals surface area (Å²) in [5, 5.41) is 11.6. The van der Waals surface area contributed by atoms with Crippen molar-refractivity contribution in [1.29, 1.82) is 0 Å². The van der Waals surface area contributed by atoms with Gasteiger partial charge in [-0.2, -0.15) is 0 Å². The number of carbonyl (C=O) groups excluding carboxylic acids is 1. The first-order chi connectivity index (χ1) is 15.7. The Bertz CT molecular complexity index is 1000. The molecule has 2 saturated heterocycles. The highest BCUT2D eigenvalue weighted by molar-refractivity contribution is 5.94. The van der Waals surface area contributed by atoms with E-state index in [9.17, 15) is 14.9 Å². The van der Waals surface area contributed by atoms with Crippen molar-refractivity contribution in [3.63, 3.8) is 0 Å². The average molecular weight is 453 g/mol. The standard InChI is InChI=1S/C25H32N4O4/c1-25(2,3)20-6-4-19(5-7-20)24(30)28-12-10-26(11-13-28)21-8-9-22(29(31)32)23(18-21)27-14-16-33-17-15-27/h4-9,18H,10-17H2,1-3H3. The fourth-order valence-electron chi connectivity index (χ4n) is 4.38. The van der Waals surface area contributed by atoms with Gasteiger partial charge in [0.25, 0.3) is 11.6 Å². The molecule has 2 fully saturated rings. The van der Waals surface area contributed by atoms with Crippen LogP contribution in [-0.4, -0.2) is 68.2 Å². The molecule has 0 atom stereocenters. The van der Waals surface area contributed by atoms with Crippen LogP contribution in [0, 0.1) is 10.1 Å². The molecule has 8 heteroatoms. The van der Waals surface area contributed by atoms with Crippen LogP contribution in [0.25, 0.3) is 0 Å². The van der Waals surface area contributed by atoms with E-state index in [4.69, 9.17) is 4.74 Å². The molecule has 0 unspecified atom stereocenters. The lowest BCUT2D eigenvalue weighted by molar-refractivity contribution is -0.384. The molecule has 0 aliphatic carbocycles. The van der Waals surface area contributed by atoms with Crippen molar-refractivity contribution < 1.29 is 14.5 Å². The van der Waals surface area contributed by atoms with E-state index in [0.29, 0.717) is 63.7 Å². The van der Waals surface area contributed by atoms with Crippen LogP contribution < -0.4 is 9.80 Å². The Kier molecular flexibility index (Phi) is 6.56. The van der Waals surface area contributed by atoms with Gasteiger partial charge < -0.3 is 19.4 Å². The first-order valence-electron chi connectivity index (χ1n) is 11.5. The van der Waals surface area contributed by atoms with Gasteiger partial charge in [0.15, 0.2) is 0 Å². The molecule has 0 N–H and O–H groups in total. The Morgan fingerprint density at radius 2 is 1.55 bits per heavy atom. The number of benzene rings is 2. The minimum Gasteiger partial charge on any atom is -0.378 e. The molecular formula is C25H32N4O4. The number of anilines is 2. The first-order valence-corrected chi connectivity index (χ1v) is 11.5. The van der Waals surface area contributed by atoms with E-state index in [0.717, 1.165) is 5.69 Å². The van der Waals surface area contributed by atoms with Crippen LogP contribution in [0.1, 0.15) is 36.7 Å². The van der Waals surface area contributed by atoms with Crippen LogP contribution in [0.4, 0.5) is 17.1 Å². The molecule has 2 aliphatic heterocycles. The van der Waals surface area contributed by atoms with Gasteiger partial charge in [-0.05, 0) is 35.2 Å². The van der Waals surface area contributed by atoms with Gasteiger partial charge in [0, 0.05) is 56.6 Å². The minimum atomic E-state index is -0.323. The zero-order valence-electron chi connectivity index (χ0n) is 19.6. The van der Waals surface area contributed by atoms with Crippen molar-refractivity contribution in [3.05, 3.63) is 63.7 Å². The number of nitro groups is 1. The van der Waals surface area contributed by atoms with E-state index in [1.54, 1.807) is 6.07 Å². The maximum Gasteiger partial charge on any atom is 0.292 e. The highest BCUT2D eigenvalue weighted by Gasteiger charge is 2.26.